The Kier molecular flexibility index (Phi) is 15.4. The monoisotopic (exact) mass is 406 g/mol. The Balaban J connectivity index is 2.32. The molecule has 1 rings (SSSR count). The Morgan fingerprint density at radius 2 is 1.55 bits per heavy atom. The van der Waals surface area contributed by atoms with Crippen LogP contribution >= 0.6 is 0 Å². The van der Waals surface area contributed by atoms with Gasteiger partial charge in [0.05, 0.1) is 31.8 Å². The molecular weight excluding hydrogens is 364 g/mol. The molecule has 0 aliphatic carbocycles. The molecule has 0 unspecified atom stereocenters. The van der Waals surface area contributed by atoms with Gasteiger partial charge in [-0.05, 0) is 18.9 Å². The number of esters is 1. The van der Waals surface area contributed by atoms with Crippen LogP contribution in [0.25, 0.3) is 0 Å². The third-order valence-corrected chi connectivity index (χ3v) is 5.20. The zero-order valence-corrected chi connectivity index (χ0v) is 18.6. The zero-order valence-electron chi connectivity index (χ0n) is 18.6. The van der Waals surface area contributed by atoms with E-state index in [0.29, 0.717) is 19.6 Å². The largest absolute Gasteiger partial charge is 0.466 e. The molecule has 1 N–H and O–H groups in total. The number of hydrogen-bond acceptors (Lipinski definition) is 4. The summed E-state index contributed by atoms with van der Waals surface area (Å²) in [6, 6.07) is 10.1. The Morgan fingerprint density at radius 3 is 2.17 bits per heavy atom. The zero-order chi connectivity index (χ0) is 21.2. The SMILES string of the molecule is CCCCCCCCCCC[C@@H](C[C@H](O)CC(=O)OCC)OCc1ccccc1. The van der Waals surface area contributed by atoms with Crippen molar-refractivity contribution in [2.24, 2.45) is 0 Å². The van der Waals surface area contributed by atoms with Gasteiger partial charge < -0.3 is 14.6 Å². The van der Waals surface area contributed by atoms with Crippen LogP contribution < -0.4 is 0 Å². The van der Waals surface area contributed by atoms with E-state index in [1.54, 1.807) is 6.92 Å². The Bertz CT molecular complexity index is 503. The number of aliphatic hydroxyl groups excluding tert-OH is 1. The van der Waals surface area contributed by atoms with Gasteiger partial charge in [-0.15, -0.1) is 0 Å². The van der Waals surface area contributed by atoms with Gasteiger partial charge in [-0.3, -0.25) is 4.79 Å². The first kappa shape index (κ1) is 25.6. The molecule has 0 spiro atoms. The predicted molar refractivity (Wildman–Crippen MR) is 119 cm³/mol. The van der Waals surface area contributed by atoms with Gasteiger partial charge in [0.25, 0.3) is 0 Å². The van der Waals surface area contributed by atoms with Crippen LogP contribution in [0.15, 0.2) is 30.3 Å². The van der Waals surface area contributed by atoms with E-state index in [4.69, 9.17) is 9.47 Å². The standard InChI is InChI=1S/C25H42O4/c1-3-5-6-7-8-9-10-11-15-18-24(19-23(26)20-25(27)28-4-2)29-21-22-16-13-12-14-17-22/h12-14,16-17,23-24,26H,3-11,15,18-21H2,1-2H3/t23-,24-/m0/s1. The van der Waals surface area contributed by atoms with Crippen molar-refractivity contribution >= 4 is 5.97 Å². The quantitative estimate of drug-likeness (QED) is 0.233. The molecule has 2 atom stereocenters. The number of unbranched alkanes of at least 4 members (excludes halogenated alkanes) is 8. The molecule has 0 radical (unpaired) electrons. The van der Waals surface area contributed by atoms with Crippen molar-refractivity contribution in [1.29, 1.82) is 0 Å². The summed E-state index contributed by atoms with van der Waals surface area (Å²) in [6.45, 7) is 4.91. The molecule has 1 aromatic carbocycles. The lowest BCUT2D eigenvalue weighted by molar-refractivity contribution is -0.145. The molecule has 0 fully saturated rings. The maximum absolute atomic E-state index is 11.6. The highest BCUT2D eigenvalue weighted by Gasteiger charge is 2.18. The minimum Gasteiger partial charge on any atom is -0.466 e. The summed E-state index contributed by atoms with van der Waals surface area (Å²) >= 11 is 0. The Labute approximate surface area is 178 Å². The van der Waals surface area contributed by atoms with Crippen molar-refractivity contribution in [3.63, 3.8) is 0 Å². The van der Waals surface area contributed by atoms with Crippen LogP contribution in [0.4, 0.5) is 0 Å². The van der Waals surface area contributed by atoms with E-state index in [2.05, 4.69) is 6.92 Å². The van der Waals surface area contributed by atoms with Crippen molar-refractivity contribution in [2.45, 2.75) is 110 Å². The first-order valence-corrected chi connectivity index (χ1v) is 11.6. The fourth-order valence-electron chi connectivity index (χ4n) is 3.54. The van der Waals surface area contributed by atoms with Crippen LogP contribution in [0.1, 0.15) is 96.5 Å². The maximum Gasteiger partial charge on any atom is 0.308 e. The maximum atomic E-state index is 11.6. The molecule has 0 saturated heterocycles. The molecule has 0 heterocycles. The fraction of sp³-hybridized carbons (Fsp3) is 0.720. The lowest BCUT2D eigenvalue weighted by Gasteiger charge is -2.21. The van der Waals surface area contributed by atoms with Crippen LogP contribution in [-0.2, 0) is 20.9 Å². The molecule has 0 bridgehead atoms. The molecule has 4 nitrogen and oxygen atoms in total. The van der Waals surface area contributed by atoms with E-state index in [-0.39, 0.29) is 18.5 Å². The first-order chi connectivity index (χ1) is 14.2. The average Bonchev–Trinajstić information content (AvgIpc) is 2.71. The van der Waals surface area contributed by atoms with Gasteiger partial charge in [-0.1, -0.05) is 95.0 Å². The van der Waals surface area contributed by atoms with Crippen LogP contribution in [0.3, 0.4) is 0 Å². The van der Waals surface area contributed by atoms with E-state index in [9.17, 15) is 9.90 Å². The smallest absolute Gasteiger partial charge is 0.308 e. The minimum atomic E-state index is -0.714. The van der Waals surface area contributed by atoms with Gasteiger partial charge >= 0.3 is 5.97 Å². The average molecular weight is 407 g/mol. The van der Waals surface area contributed by atoms with Crippen molar-refractivity contribution in [1.82, 2.24) is 0 Å². The second-order valence-electron chi connectivity index (χ2n) is 7.93. The molecule has 0 aliphatic rings. The molecule has 1 aromatic rings. The van der Waals surface area contributed by atoms with E-state index >= 15 is 0 Å². The molecule has 4 heteroatoms. The summed E-state index contributed by atoms with van der Waals surface area (Å²) in [5.41, 5.74) is 1.13. The molecule has 29 heavy (non-hydrogen) atoms. The van der Waals surface area contributed by atoms with Crippen molar-refractivity contribution in [3.05, 3.63) is 35.9 Å². The van der Waals surface area contributed by atoms with Gasteiger partial charge in [-0.2, -0.15) is 0 Å². The van der Waals surface area contributed by atoms with Gasteiger partial charge in [-0.25, -0.2) is 0 Å². The summed E-state index contributed by atoms with van der Waals surface area (Å²) < 4.78 is 11.0. The Morgan fingerprint density at radius 1 is 0.931 bits per heavy atom. The van der Waals surface area contributed by atoms with E-state index in [1.165, 1.54) is 51.4 Å². The number of carbonyl (C=O) groups excluding carboxylic acids is 1. The summed E-state index contributed by atoms with van der Waals surface area (Å²) in [5.74, 6) is -0.343. The molecule has 0 amide bonds. The number of hydrogen-bond donors (Lipinski definition) is 1. The highest BCUT2D eigenvalue weighted by molar-refractivity contribution is 5.69. The molecule has 0 aromatic heterocycles. The summed E-state index contributed by atoms with van der Waals surface area (Å²) in [7, 11) is 0. The lowest BCUT2D eigenvalue weighted by Crippen LogP contribution is -2.24. The predicted octanol–water partition coefficient (Wildman–Crippen LogP) is 6.20. The van der Waals surface area contributed by atoms with Gasteiger partial charge in [0.15, 0.2) is 0 Å². The topological polar surface area (TPSA) is 55.8 Å². The highest BCUT2D eigenvalue weighted by atomic mass is 16.5. The van der Waals surface area contributed by atoms with Gasteiger partial charge in [0, 0.05) is 6.42 Å². The van der Waals surface area contributed by atoms with Crippen LogP contribution in [0, 0.1) is 0 Å². The van der Waals surface area contributed by atoms with Crippen molar-refractivity contribution in [2.75, 3.05) is 6.61 Å². The number of rotatable bonds is 18. The number of benzene rings is 1. The molecular formula is C25H42O4. The first-order valence-electron chi connectivity index (χ1n) is 11.6. The van der Waals surface area contributed by atoms with Gasteiger partial charge in [0.2, 0.25) is 0 Å². The van der Waals surface area contributed by atoms with Crippen molar-refractivity contribution < 1.29 is 19.4 Å². The van der Waals surface area contributed by atoms with E-state index in [0.717, 1.165) is 18.4 Å². The summed E-state index contributed by atoms with van der Waals surface area (Å²) in [5, 5.41) is 10.3. The second-order valence-corrected chi connectivity index (χ2v) is 7.93. The van der Waals surface area contributed by atoms with Crippen LogP contribution in [-0.4, -0.2) is 29.9 Å². The van der Waals surface area contributed by atoms with Crippen molar-refractivity contribution in [3.8, 4) is 0 Å². The number of carbonyl (C=O) groups is 1. The highest BCUT2D eigenvalue weighted by Crippen LogP contribution is 2.18. The third-order valence-electron chi connectivity index (χ3n) is 5.20. The fourth-order valence-corrected chi connectivity index (χ4v) is 3.54. The van der Waals surface area contributed by atoms with E-state index < -0.39 is 6.10 Å². The molecule has 166 valence electrons. The summed E-state index contributed by atoms with van der Waals surface area (Å²) in [6.07, 6.45) is 12.3. The number of aliphatic hydroxyl groups is 1. The van der Waals surface area contributed by atoms with Gasteiger partial charge in [0.1, 0.15) is 0 Å². The molecule has 0 saturated carbocycles. The molecule has 0 aliphatic heterocycles. The van der Waals surface area contributed by atoms with Crippen LogP contribution in [0.2, 0.25) is 0 Å². The lowest BCUT2D eigenvalue weighted by atomic mass is 10.0. The van der Waals surface area contributed by atoms with E-state index in [1.807, 2.05) is 30.3 Å². The van der Waals surface area contributed by atoms with Crippen LogP contribution in [0.5, 0.6) is 0 Å². The second kappa shape index (κ2) is 17.5. The Hall–Kier alpha value is -1.39. The summed E-state index contributed by atoms with van der Waals surface area (Å²) in [4.78, 5) is 11.6. The third kappa shape index (κ3) is 14.3. The normalized spacial score (nSPS) is 13.2. The number of ether oxygens (including phenoxy) is 2. The minimum absolute atomic E-state index is 0.0378.